The van der Waals surface area contributed by atoms with Crippen molar-refractivity contribution in [2.45, 2.75) is 25.4 Å². The Morgan fingerprint density at radius 1 is 1.19 bits per heavy atom. The van der Waals surface area contributed by atoms with E-state index < -0.39 is 12.0 Å². The minimum atomic E-state index is -0.757. The van der Waals surface area contributed by atoms with Gasteiger partial charge in [0.2, 0.25) is 0 Å². The van der Waals surface area contributed by atoms with E-state index in [0.717, 1.165) is 42.2 Å². The maximum Gasteiger partial charge on any atom is 0.320 e. The summed E-state index contributed by atoms with van der Waals surface area (Å²) in [6.07, 6.45) is 0.893. The summed E-state index contributed by atoms with van der Waals surface area (Å²) in [5.41, 5.74) is 3.56. The molecule has 26 heavy (non-hydrogen) atoms. The predicted molar refractivity (Wildman–Crippen MR) is 108 cm³/mol. The fraction of sp³-hybridized carbons (Fsp3) is 0.350. The molecule has 0 saturated carbocycles. The molecule has 1 aliphatic rings. The molecule has 2 N–H and O–H groups in total. The van der Waals surface area contributed by atoms with Gasteiger partial charge in [0.25, 0.3) is 0 Å². The molecule has 2 atom stereocenters. The largest absolute Gasteiger partial charge is 0.480 e. The maximum absolute atomic E-state index is 11.2. The van der Waals surface area contributed by atoms with Crippen LogP contribution in [0.25, 0.3) is 11.1 Å². The third-order valence-electron chi connectivity index (χ3n) is 4.81. The molecule has 0 amide bonds. The zero-order chi connectivity index (χ0) is 17.8. The van der Waals surface area contributed by atoms with Gasteiger partial charge in [0.15, 0.2) is 0 Å². The molecule has 1 fully saturated rings. The summed E-state index contributed by atoms with van der Waals surface area (Å²) < 4.78 is 0. The van der Waals surface area contributed by atoms with Crippen LogP contribution in [0.5, 0.6) is 0 Å². The average Bonchev–Trinajstić information content (AvgIpc) is 2.62. The minimum absolute atomic E-state index is 0. The molecule has 0 aromatic heterocycles. The van der Waals surface area contributed by atoms with Crippen LogP contribution in [0.1, 0.15) is 12.5 Å². The van der Waals surface area contributed by atoms with Crippen LogP contribution in [0.2, 0.25) is 5.02 Å². The van der Waals surface area contributed by atoms with E-state index in [0.29, 0.717) is 0 Å². The summed E-state index contributed by atoms with van der Waals surface area (Å²) in [5.74, 6) is -0.757. The van der Waals surface area contributed by atoms with Crippen LogP contribution in [0.4, 0.5) is 0 Å². The molecule has 1 unspecified atom stereocenters. The molecule has 140 valence electrons. The van der Waals surface area contributed by atoms with Crippen LogP contribution in [0.3, 0.4) is 0 Å². The van der Waals surface area contributed by atoms with Crippen LogP contribution in [-0.2, 0) is 11.2 Å². The third-order valence-corrected chi connectivity index (χ3v) is 5.06. The summed E-state index contributed by atoms with van der Waals surface area (Å²) in [5, 5.41) is 13.4. The van der Waals surface area contributed by atoms with E-state index in [2.05, 4.69) is 29.6 Å². The Morgan fingerprint density at radius 2 is 1.77 bits per heavy atom. The lowest BCUT2D eigenvalue weighted by Crippen LogP contribution is -2.55. The van der Waals surface area contributed by atoms with Gasteiger partial charge in [0.1, 0.15) is 6.04 Å². The zero-order valence-electron chi connectivity index (χ0n) is 14.7. The molecule has 4 nitrogen and oxygen atoms in total. The van der Waals surface area contributed by atoms with Crippen molar-refractivity contribution in [2.24, 2.45) is 0 Å². The van der Waals surface area contributed by atoms with Gasteiger partial charge in [-0.15, -0.1) is 12.4 Å². The van der Waals surface area contributed by atoms with Crippen molar-refractivity contribution in [3.8, 4) is 11.1 Å². The minimum Gasteiger partial charge on any atom is -0.480 e. The number of nitrogens with one attached hydrogen (secondary N) is 1. The lowest BCUT2D eigenvalue weighted by Gasteiger charge is -2.36. The number of halogens is 2. The van der Waals surface area contributed by atoms with E-state index in [1.807, 2.05) is 29.2 Å². The van der Waals surface area contributed by atoms with Gasteiger partial charge in [-0.2, -0.15) is 0 Å². The number of rotatable bonds is 5. The van der Waals surface area contributed by atoms with Crippen LogP contribution >= 0.6 is 24.0 Å². The highest BCUT2D eigenvalue weighted by molar-refractivity contribution is 6.30. The zero-order valence-corrected chi connectivity index (χ0v) is 16.3. The van der Waals surface area contributed by atoms with Crippen LogP contribution < -0.4 is 5.32 Å². The van der Waals surface area contributed by atoms with E-state index in [9.17, 15) is 9.90 Å². The van der Waals surface area contributed by atoms with Gasteiger partial charge in [0, 0.05) is 30.7 Å². The molecule has 0 aliphatic carbocycles. The van der Waals surface area contributed by atoms with E-state index in [4.69, 9.17) is 11.6 Å². The number of carbonyl (C=O) groups is 1. The first kappa shape index (κ1) is 20.7. The lowest BCUT2D eigenvalue weighted by molar-refractivity contribution is -0.143. The number of hydrogen-bond acceptors (Lipinski definition) is 3. The van der Waals surface area contributed by atoms with Gasteiger partial charge in [-0.1, -0.05) is 48.0 Å². The molecular weight excluding hydrogens is 371 g/mol. The van der Waals surface area contributed by atoms with Crippen molar-refractivity contribution in [3.05, 3.63) is 59.1 Å². The fourth-order valence-corrected chi connectivity index (χ4v) is 3.38. The molecule has 0 bridgehead atoms. The Hall–Kier alpha value is -1.59. The number of aliphatic carboxylic acids is 1. The first-order valence-corrected chi connectivity index (χ1v) is 8.96. The molecule has 1 aliphatic heterocycles. The third kappa shape index (κ3) is 5.21. The first-order valence-electron chi connectivity index (χ1n) is 8.58. The molecule has 6 heteroatoms. The molecule has 0 radical (unpaired) electrons. The van der Waals surface area contributed by atoms with Gasteiger partial charge in [0.05, 0.1) is 0 Å². The topological polar surface area (TPSA) is 52.6 Å². The summed E-state index contributed by atoms with van der Waals surface area (Å²) >= 11 is 5.94. The molecule has 2 aromatic carbocycles. The van der Waals surface area contributed by atoms with E-state index in [-0.39, 0.29) is 18.4 Å². The second kappa shape index (κ2) is 9.38. The van der Waals surface area contributed by atoms with Crippen molar-refractivity contribution in [2.75, 3.05) is 19.6 Å². The molecule has 0 spiro atoms. The van der Waals surface area contributed by atoms with E-state index in [1.165, 1.54) is 5.56 Å². The van der Waals surface area contributed by atoms with Gasteiger partial charge in [-0.3, -0.25) is 9.69 Å². The number of nitrogens with zero attached hydrogens (tertiary/aromatic N) is 1. The van der Waals surface area contributed by atoms with Crippen molar-refractivity contribution in [3.63, 3.8) is 0 Å². The number of piperazine rings is 1. The van der Waals surface area contributed by atoms with Crippen LogP contribution in [0, 0.1) is 0 Å². The molecule has 1 heterocycles. The second-order valence-corrected chi connectivity index (χ2v) is 7.00. The molecule has 1 saturated heterocycles. The Kier molecular flexibility index (Phi) is 7.47. The van der Waals surface area contributed by atoms with Crippen LogP contribution in [-0.4, -0.2) is 47.7 Å². The van der Waals surface area contributed by atoms with E-state index >= 15 is 0 Å². The Balaban J connectivity index is 0.00000243. The monoisotopic (exact) mass is 394 g/mol. The standard InChI is InChI=1S/C20H23ClN2O2.ClH/c1-14(20(24)25)23-11-10-22-19(13-23)12-15-2-4-16(5-3-15)17-6-8-18(21)9-7-17;/h2-9,14,19,22H,10-13H2,1H3,(H,24,25);1H/t14-,19?;/m0./s1. The van der Waals surface area contributed by atoms with Gasteiger partial charge < -0.3 is 10.4 Å². The van der Waals surface area contributed by atoms with Crippen molar-refractivity contribution in [1.82, 2.24) is 10.2 Å². The van der Waals surface area contributed by atoms with Crippen molar-refractivity contribution in [1.29, 1.82) is 0 Å². The predicted octanol–water partition coefficient (Wildman–Crippen LogP) is 3.72. The smallest absolute Gasteiger partial charge is 0.320 e. The quantitative estimate of drug-likeness (QED) is 0.811. The van der Waals surface area contributed by atoms with Gasteiger partial charge in [-0.25, -0.2) is 0 Å². The first-order chi connectivity index (χ1) is 12.0. The van der Waals surface area contributed by atoms with E-state index in [1.54, 1.807) is 6.92 Å². The summed E-state index contributed by atoms with van der Waals surface area (Å²) in [6, 6.07) is 16.2. The van der Waals surface area contributed by atoms with Crippen molar-refractivity contribution >= 4 is 30.0 Å². The second-order valence-electron chi connectivity index (χ2n) is 6.57. The normalized spacial score (nSPS) is 18.8. The highest BCUT2D eigenvalue weighted by Gasteiger charge is 2.26. The van der Waals surface area contributed by atoms with Crippen LogP contribution in [0.15, 0.2) is 48.5 Å². The number of hydrogen-bond donors (Lipinski definition) is 2. The summed E-state index contributed by atoms with van der Waals surface area (Å²) in [6.45, 7) is 4.11. The van der Waals surface area contributed by atoms with Gasteiger partial charge in [-0.05, 0) is 42.2 Å². The fourth-order valence-electron chi connectivity index (χ4n) is 3.26. The Bertz CT molecular complexity index is 720. The highest BCUT2D eigenvalue weighted by Crippen LogP contribution is 2.22. The molecule has 2 aromatic rings. The summed E-state index contributed by atoms with van der Waals surface area (Å²) in [4.78, 5) is 13.2. The number of carboxylic acid groups (broad SMARTS) is 1. The Morgan fingerprint density at radius 3 is 2.35 bits per heavy atom. The summed E-state index contributed by atoms with van der Waals surface area (Å²) in [7, 11) is 0. The molecule has 3 rings (SSSR count). The Labute approximate surface area is 165 Å². The molecular formula is C20H24Cl2N2O2. The number of carboxylic acids is 1. The SMILES string of the molecule is C[C@@H](C(=O)O)N1CCNC(Cc2ccc(-c3ccc(Cl)cc3)cc2)C1.Cl. The maximum atomic E-state index is 11.2. The average molecular weight is 395 g/mol. The van der Waals surface area contributed by atoms with Crippen molar-refractivity contribution < 1.29 is 9.90 Å². The van der Waals surface area contributed by atoms with Gasteiger partial charge >= 0.3 is 5.97 Å². The highest BCUT2D eigenvalue weighted by atomic mass is 35.5. The number of benzene rings is 2. The lowest BCUT2D eigenvalue weighted by atomic mass is 9.99.